The molecule has 2 aromatic rings. The van der Waals surface area contributed by atoms with Crippen molar-refractivity contribution < 1.29 is 4.74 Å². The second kappa shape index (κ2) is 5.34. The van der Waals surface area contributed by atoms with Gasteiger partial charge in [0, 0.05) is 45.1 Å². The summed E-state index contributed by atoms with van der Waals surface area (Å²) in [6.07, 6.45) is 2.72. The molecule has 108 valence electrons. The number of benzene rings is 2. The predicted molar refractivity (Wildman–Crippen MR) is 87.8 cm³/mol. The molecule has 0 aromatic heterocycles. The molecule has 1 aliphatic heterocycles. The lowest BCUT2D eigenvalue weighted by Crippen LogP contribution is -2.30. The number of hydrogen-bond donors (Lipinski definition) is 0. The van der Waals surface area contributed by atoms with Crippen molar-refractivity contribution in [2.24, 2.45) is 4.99 Å². The topological polar surface area (TPSA) is 24.8 Å². The average Bonchev–Trinajstić information content (AvgIpc) is 2.87. The highest BCUT2D eigenvalue weighted by Gasteiger charge is 2.36. The number of aliphatic imine (C=N–C) groups is 1. The molecule has 0 saturated heterocycles. The molecule has 3 nitrogen and oxygen atoms in total. The number of hydrogen-bond acceptors (Lipinski definition) is 3. The van der Waals surface area contributed by atoms with Gasteiger partial charge in [-0.3, -0.25) is 4.99 Å². The lowest BCUT2D eigenvalue weighted by Gasteiger charge is -2.26. The third-order valence-corrected chi connectivity index (χ3v) is 4.06. The molecule has 0 bridgehead atoms. The average molecular weight is 280 g/mol. The number of rotatable bonds is 4. The molecule has 1 atom stereocenters. The standard InChI is InChI=1S/C18H20N2O/c1-20(2)15-10-8-14(9-11-15)12-18(21-3)13-19-17-7-5-4-6-16(17)18/h4-11,13H,12H2,1-3H3. The van der Waals surface area contributed by atoms with Crippen molar-refractivity contribution >= 4 is 17.6 Å². The molecule has 2 aromatic carbocycles. The molecule has 3 heteroatoms. The second-order valence-corrected chi connectivity index (χ2v) is 5.61. The number of fused-ring (bicyclic) bond motifs is 1. The van der Waals surface area contributed by atoms with Gasteiger partial charge >= 0.3 is 0 Å². The zero-order valence-corrected chi connectivity index (χ0v) is 12.7. The Bertz CT molecular complexity index is 661. The molecular formula is C18H20N2O. The highest BCUT2D eigenvalue weighted by Crippen LogP contribution is 2.39. The van der Waals surface area contributed by atoms with E-state index in [1.54, 1.807) is 7.11 Å². The number of nitrogens with zero attached hydrogens (tertiary/aromatic N) is 2. The van der Waals surface area contributed by atoms with E-state index in [0.717, 1.165) is 17.7 Å². The van der Waals surface area contributed by atoms with Crippen molar-refractivity contribution in [2.75, 3.05) is 26.1 Å². The fraction of sp³-hybridized carbons (Fsp3) is 0.278. The lowest BCUT2D eigenvalue weighted by molar-refractivity contribution is 0.0552. The molecule has 0 amide bonds. The largest absolute Gasteiger partial charge is 0.378 e. The summed E-state index contributed by atoms with van der Waals surface area (Å²) in [6, 6.07) is 16.8. The highest BCUT2D eigenvalue weighted by molar-refractivity contribution is 5.84. The van der Waals surface area contributed by atoms with Gasteiger partial charge in [-0.1, -0.05) is 30.3 Å². The molecule has 0 spiro atoms. The maximum absolute atomic E-state index is 5.85. The van der Waals surface area contributed by atoms with Crippen molar-refractivity contribution in [1.82, 2.24) is 0 Å². The van der Waals surface area contributed by atoms with Gasteiger partial charge < -0.3 is 9.64 Å². The van der Waals surface area contributed by atoms with Crippen LogP contribution < -0.4 is 4.90 Å². The zero-order valence-electron chi connectivity index (χ0n) is 12.7. The van der Waals surface area contributed by atoms with Gasteiger partial charge in [-0.25, -0.2) is 0 Å². The quantitative estimate of drug-likeness (QED) is 0.855. The van der Waals surface area contributed by atoms with Gasteiger partial charge in [0.25, 0.3) is 0 Å². The first-order valence-electron chi connectivity index (χ1n) is 7.11. The van der Waals surface area contributed by atoms with Crippen LogP contribution in [0.1, 0.15) is 11.1 Å². The first-order chi connectivity index (χ1) is 10.1. The van der Waals surface area contributed by atoms with Crippen LogP contribution in [0, 0.1) is 0 Å². The minimum Gasteiger partial charge on any atom is -0.378 e. The van der Waals surface area contributed by atoms with E-state index < -0.39 is 5.60 Å². The third kappa shape index (κ3) is 2.45. The van der Waals surface area contributed by atoms with Crippen molar-refractivity contribution in [1.29, 1.82) is 0 Å². The van der Waals surface area contributed by atoms with Crippen molar-refractivity contribution in [3.8, 4) is 0 Å². The first kappa shape index (κ1) is 13.8. The number of ether oxygens (including phenoxy) is 1. The van der Waals surface area contributed by atoms with Crippen molar-refractivity contribution in [3.05, 3.63) is 59.7 Å². The van der Waals surface area contributed by atoms with Gasteiger partial charge in [-0.05, 0) is 23.8 Å². The Hall–Kier alpha value is -2.13. The Morgan fingerprint density at radius 2 is 1.76 bits per heavy atom. The summed E-state index contributed by atoms with van der Waals surface area (Å²) >= 11 is 0. The van der Waals surface area contributed by atoms with Gasteiger partial charge in [0.15, 0.2) is 0 Å². The van der Waals surface area contributed by atoms with Crippen molar-refractivity contribution in [3.63, 3.8) is 0 Å². The fourth-order valence-electron chi connectivity index (χ4n) is 2.78. The van der Waals surface area contributed by atoms with Crippen LogP contribution >= 0.6 is 0 Å². The fourth-order valence-corrected chi connectivity index (χ4v) is 2.78. The van der Waals surface area contributed by atoms with E-state index >= 15 is 0 Å². The molecule has 1 aliphatic rings. The van der Waals surface area contributed by atoms with Crippen LogP contribution in [0.5, 0.6) is 0 Å². The van der Waals surface area contributed by atoms with Crippen LogP contribution in [0.2, 0.25) is 0 Å². The Labute approximate surface area is 125 Å². The van der Waals surface area contributed by atoms with E-state index in [-0.39, 0.29) is 0 Å². The Morgan fingerprint density at radius 1 is 1.05 bits per heavy atom. The van der Waals surface area contributed by atoms with Gasteiger partial charge in [-0.15, -0.1) is 0 Å². The summed E-state index contributed by atoms with van der Waals surface area (Å²) in [5.41, 5.74) is 4.14. The smallest absolute Gasteiger partial charge is 0.134 e. The van der Waals surface area contributed by atoms with Gasteiger partial charge in [-0.2, -0.15) is 0 Å². The minimum atomic E-state index is -0.448. The van der Waals surface area contributed by atoms with E-state index in [2.05, 4.69) is 40.2 Å². The normalized spacial score (nSPS) is 19.6. The van der Waals surface area contributed by atoms with E-state index in [1.165, 1.54) is 11.3 Å². The van der Waals surface area contributed by atoms with Crippen LogP contribution in [0.4, 0.5) is 11.4 Å². The SMILES string of the molecule is COC1(Cc2ccc(N(C)C)cc2)C=Nc2ccccc21. The van der Waals surface area contributed by atoms with Crippen LogP contribution in [-0.2, 0) is 16.8 Å². The molecule has 0 aliphatic carbocycles. The molecule has 0 N–H and O–H groups in total. The van der Waals surface area contributed by atoms with Crippen LogP contribution in [-0.4, -0.2) is 27.4 Å². The number of anilines is 1. The third-order valence-electron chi connectivity index (χ3n) is 4.06. The monoisotopic (exact) mass is 280 g/mol. The molecule has 21 heavy (non-hydrogen) atoms. The Morgan fingerprint density at radius 3 is 2.43 bits per heavy atom. The lowest BCUT2D eigenvalue weighted by atomic mass is 9.89. The molecule has 3 rings (SSSR count). The maximum Gasteiger partial charge on any atom is 0.134 e. The zero-order chi connectivity index (χ0) is 14.9. The van der Waals surface area contributed by atoms with E-state index in [9.17, 15) is 0 Å². The summed E-state index contributed by atoms with van der Waals surface area (Å²) in [6.45, 7) is 0. The van der Waals surface area contributed by atoms with Crippen molar-refractivity contribution in [2.45, 2.75) is 12.0 Å². The summed E-state index contributed by atoms with van der Waals surface area (Å²) in [4.78, 5) is 6.61. The van der Waals surface area contributed by atoms with Gasteiger partial charge in [0.2, 0.25) is 0 Å². The summed E-state index contributed by atoms with van der Waals surface area (Å²) in [7, 11) is 5.85. The second-order valence-electron chi connectivity index (χ2n) is 5.61. The summed E-state index contributed by atoms with van der Waals surface area (Å²) < 4.78 is 5.85. The van der Waals surface area contributed by atoms with E-state index in [1.807, 2.05) is 38.5 Å². The predicted octanol–water partition coefficient (Wildman–Crippen LogP) is 3.55. The number of methoxy groups -OCH3 is 1. The summed E-state index contributed by atoms with van der Waals surface area (Å²) in [5, 5.41) is 0. The molecule has 1 heterocycles. The van der Waals surface area contributed by atoms with Crippen LogP contribution in [0.25, 0.3) is 0 Å². The highest BCUT2D eigenvalue weighted by atomic mass is 16.5. The first-order valence-corrected chi connectivity index (χ1v) is 7.11. The number of para-hydroxylation sites is 1. The molecular weight excluding hydrogens is 260 g/mol. The minimum absolute atomic E-state index is 0.448. The Balaban J connectivity index is 1.91. The molecule has 0 saturated carbocycles. The summed E-state index contributed by atoms with van der Waals surface area (Å²) in [5.74, 6) is 0. The Kier molecular flexibility index (Phi) is 3.52. The van der Waals surface area contributed by atoms with E-state index in [0.29, 0.717) is 0 Å². The van der Waals surface area contributed by atoms with Gasteiger partial charge in [0.05, 0.1) is 5.69 Å². The van der Waals surface area contributed by atoms with Crippen LogP contribution in [0.3, 0.4) is 0 Å². The van der Waals surface area contributed by atoms with E-state index in [4.69, 9.17) is 4.74 Å². The van der Waals surface area contributed by atoms with Crippen LogP contribution in [0.15, 0.2) is 53.5 Å². The molecule has 0 fully saturated rings. The van der Waals surface area contributed by atoms with Gasteiger partial charge in [0.1, 0.15) is 5.60 Å². The molecule has 1 unspecified atom stereocenters. The maximum atomic E-state index is 5.85. The molecule has 0 radical (unpaired) electrons.